The van der Waals surface area contributed by atoms with E-state index >= 15 is 0 Å². The highest BCUT2D eigenvalue weighted by atomic mass is 32.1. The number of carbonyl (C=O) groups excluding carboxylic acids is 1. The normalized spacial score (nSPS) is 17.2. The second-order valence-corrected chi connectivity index (χ2v) is 5.94. The van der Waals surface area contributed by atoms with Gasteiger partial charge in [-0.1, -0.05) is 18.9 Å². The summed E-state index contributed by atoms with van der Waals surface area (Å²) in [7, 11) is 0. The number of nitrogens with zero attached hydrogens (tertiary/aromatic N) is 2. The van der Waals surface area contributed by atoms with E-state index in [9.17, 15) is 4.79 Å². The summed E-state index contributed by atoms with van der Waals surface area (Å²) in [6.45, 7) is 2.23. The third-order valence-electron chi connectivity index (χ3n) is 3.80. The largest absolute Gasteiger partial charge is 0.465 e. The standard InChI is InChI=1S/C14H17N3O2S/c1-2-19-13(18)14(7-3-4-8-14)12-15-11(16-17-12)10-6-5-9-20-10/h5-6,9H,2-4,7-8H2,1H3,(H,15,16,17). The number of aromatic nitrogens is 3. The number of hydrogen-bond acceptors (Lipinski definition) is 5. The summed E-state index contributed by atoms with van der Waals surface area (Å²) in [6, 6.07) is 3.94. The highest BCUT2D eigenvalue weighted by Crippen LogP contribution is 2.41. The number of nitrogens with one attached hydrogen (secondary N) is 1. The van der Waals surface area contributed by atoms with Crippen LogP contribution in [0.1, 0.15) is 38.4 Å². The van der Waals surface area contributed by atoms with Crippen LogP contribution < -0.4 is 0 Å². The molecule has 0 unspecified atom stereocenters. The van der Waals surface area contributed by atoms with Gasteiger partial charge >= 0.3 is 5.97 Å². The fourth-order valence-corrected chi connectivity index (χ4v) is 3.43. The Hall–Kier alpha value is -1.69. The van der Waals surface area contributed by atoms with Crippen molar-refractivity contribution in [2.75, 3.05) is 6.61 Å². The van der Waals surface area contributed by atoms with Crippen molar-refractivity contribution < 1.29 is 9.53 Å². The second-order valence-electron chi connectivity index (χ2n) is 4.99. The Morgan fingerprint density at radius 3 is 2.95 bits per heavy atom. The van der Waals surface area contributed by atoms with Gasteiger partial charge in [0.25, 0.3) is 0 Å². The number of aromatic amines is 1. The molecule has 2 aromatic heterocycles. The summed E-state index contributed by atoms with van der Waals surface area (Å²) < 4.78 is 5.26. The van der Waals surface area contributed by atoms with Crippen LogP contribution in [0.5, 0.6) is 0 Å². The molecular formula is C14H17N3O2S. The van der Waals surface area contributed by atoms with E-state index in [0.29, 0.717) is 18.3 Å². The number of hydrogen-bond donors (Lipinski definition) is 1. The molecule has 0 bridgehead atoms. The van der Waals surface area contributed by atoms with Crippen molar-refractivity contribution in [1.82, 2.24) is 15.2 Å². The number of H-pyrrole nitrogens is 1. The lowest BCUT2D eigenvalue weighted by Crippen LogP contribution is -2.36. The molecule has 0 atom stereocenters. The van der Waals surface area contributed by atoms with Gasteiger partial charge in [0, 0.05) is 0 Å². The maximum absolute atomic E-state index is 12.4. The van der Waals surface area contributed by atoms with Gasteiger partial charge in [-0.15, -0.1) is 11.3 Å². The predicted octanol–water partition coefficient (Wildman–Crippen LogP) is 2.91. The Kier molecular flexibility index (Phi) is 3.56. The van der Waals surface area contributed by atoms with Gasteiger partial charge in [0.15, 0.2) is 5.82 Å². The van der Waals surface area contributed by atoms with Crippen molar-refractivity contribution in [3.63, 3.8) is 0 Å². The smallest absolute Gasteiger partial charge is 0.319 e. The Bertz CT molecular complexity index is 585. The van der Waals surface area contributed by atoms with Crippen LogP contribution in [0.25, 0.3) is 10.7 Å². The summed E-state index contributed by atoms with van der Waals surface area (Å²) in [5.41, 5.74) is -0.626. The minimum absolute atomic E-state index is 0.175. The first-order valence-electron chi connectivity index (χ1n) is 6.90. The van der Waals surface area contributed by atoms with E-state index in [-0.39, 0.29) is 5.97 Å². The Balaban J connectivity index is 1.94. The highest BCUT2D eigenvalue weighted by molar-refractivity contribution is 7.13. The predicted molar refractivity (Wildman–Crippen MR) is 76.5 cm³/mol. The van der Waals surface area contributed by atoms with Gasteiger partial charge < -0.3 is 4.74 Å². The first kappa shape index (κ1) is 13.3. The molecule has 1 fully saturated rings. The first-order valence-corrected chi connectivity index (χ1v) is 7.78. The molecular weight excluding hydrogens is 274 g/mol. The molecule has 5 nitrogen and oxygen atoms in total. The molecule has 0 amide bonds. The first-order chi connectivity index (χ1) is 9.76. The molecule has 2 heterocycles. The van der Waals surface area contributed by atoms with Gasteiger partial charge in [-0.3, -0.25) is 9.89 Å². The van der Waals surface area contributed by atoms with Crippen molar-refractivity contribution >= 4 is 17.3 Å². The molecule has 1 aliphatic carbocycles. The summed E-state index contributed by atoms with van der Waals surface area (Å²) >= 11 is 1.59. The summed E-state index contributed by atoms with van der Waals surface area (Å²) in [5.74, 6) is 1.13. The number of thiophene rings is 1. The summed E-state index contributed by atoms with van der Waals surface area (Å²) in [6.07, 6.45) is 3.61. The van der Waals surface area contributed by atoms with Crippen LogP contribution in [-0.4, -0.2) is 27.8 Å². The minimum atomic E-state index is -0.626. The fraction of sp³-hybridized carbons (Fsp3) is 0.500. The number of ether oxygens (including phenoxy) is 1. The highest BCUT2D eigenvalue weighted by Gasteiger charge is 2.47. The Morgan fingerprint density at radius 1 is 1.50 bits per heavy atom. The number of esters is 1. The van der Waals surface area contributed by atoms with E-state index in [1.165, 1.54) is 0 Å². The van der Waals surface area contributed by atoms with E-state index in [0.717, 1.165) is 30.6 Å². The zero-order valence-corrected chi connectivity index (χ0v) is 12.2. The third kappa shape index (κ3) is 2.14. The van der Waals surface area contributed by atoms with Gasteiger partial charge in [0.05, 0.1) is 11.5 Å². The Morgan fingerprint density at radius 2 is 2.30 bits per heavy atom. The lowest BCUT2D eigenvalue weighted by Gasteiger charge is -2.23. The molecule has 1 N–H and O–H groups in total. The van der Waals surface area contributed by atoms with Crippen LogP contribution in [0.4, 0.5) is 0 Å². The van der Waals surface area contributed by atoms with Crippen LogP contribution in [0.3, 0.4) is 0 Å². The van der Waals surface area contributed by atoms with Gasteiger partial charge in [0.2, 0.25) is 0 Å². The van der Waals surface area contributed by atoms with E-state index in [2.05, 4.69) is 15.2 Å². The average Bonchev–Trinajstić information content (AvgIpc) is 3.19. The zero-order chi connectivity index (χ0) is 14.0. The monoisotopic (exact) mass is 291 g/mol. The fourth-order valence-electron chi connectivity index (χ4n) is 2.78. The molecule has 106 valence electrons. The minimum Gasteiger partial charge on any atom is -0.465 e. The van der Waals surface area contributed by atoms with Gasteiger partial charge in [-0.25, -0.2) is 4.98 Å². The van der Waals surface area contributed by atoms with Crippen molar-refractivity contribution in [3.8, 4) is 10.7 Å². The van der Waals surface area contributed by atoms with E-state index in [4.69, 9.17) is 4.74 Å². The van der Waals surface area contributed by atoms with Crippen LogP contribution in [0.2, 0.25) is 0 Å². The van der Waals surface area contributed by atoms with E-state index in [1.54, 1.807) is 11.3 Å². The quantitative estimate of drug-likeness (QED) is 0.879. The molecule has 0 aliphatic heterocycles. The van der Waals surface area contributed by atoms with Crippen LogP contribution in [-0.2, 0) is 14.9 Å². The van der Waals surface area contributed by atoms with Gasteiger partial charge in [0.1, 0.15) is 11.2 Å². The molecule has 3 rings (SSSR count). The van der Waals surface area contributed by atoms with Crippen molar-refractivity contribution in [3.05, 3.63) is 23.3 Å². The number of carbonyl (C=O) groups is 1. The van der Waals surface area contributed by atoms with E-state index < -0.39 is 5.41 Å². The van der Waals surface area contributed by atoms with Crippen molar-refractivity contribution in [1.29, 1.82) is 0 Å². The zero-order valence-electron chi connectivity index (χ0n) is 11.4. The molecule has 0 radical (unpaired) electrons. The van der Waals surface area contributed by atoms with Crippen molar-refractivity contribution in [2.24, 2.45) is 0 Å². The van der Waals surface area contributed by atoms with Crippen LogP contribution in [0, 0.1) is 0 Å². The van der Waals surface area contributed by atoms with Crippen LogP contribution in [0.15, 0.2) is 17.5 Å². The van der Waals surface area contributed by atoms with Crippen LogP contribution >= 0.6 is 11.3 Å². The second kappa shape index (κ2) is 5.36. The van der Waals surface area contributed by atoms with Gasteiger partial charge in [-0.05, 0) is 31.2 Å². The lowest BCUT2D eigenvalue weighted by molar-refractivity contribution is -0.150. The Labute approximate surface area is 121 Å². The topological polar surface area (TPSA) is 67.9 Å². The molecule has 20 heavy (non-hydrogen) atoms. The van der Waals surface area contributed by atoms with Gasteiger partial charge in [-0.2, -0.15) is 5.10 Å². The molecule has 0 aromatic carbocycles. The molecule has 0 saturated heterocycles. The van der Waals surface area contributed by atoms with Crippen molar-refractivity contribution in [2.45, 2.75) is 38.0 Å². The summed E-state index contributed by atoms with van der Waals surface area (Å²) in [4.78, 5) is 17.9. The van der Waals surface area contributed by atoms with E-state index in [1.807, 2.05) is 24.4 Å². The molecule has 1 saturated carbocycles. The molecule has 2 aromatic rings. The number of rotatable bonds is 4. The molecule has 1 aliphatic rings. The average molecular weight is 291 g/mol. The maximum Gasteiger partial charge on any atom is 0.319 e. The maximum atomic E-state index is 12.4. The SMILES string of the molecule is CCOC(=O)C1(c2nc(-c3cccs3)n[nH]2)CCCC1. The third-order valence-corrected chi connectivity index (χ3v) is 4.67. The molecule has 0 spiro atoms. The lowest BCUT2D eigenvalue weighted by atomic mass is 9.85. The summed E-state index contributed by atoms with van der Waals surface area (Å²) in [5, 5.41) is 9.21. The molecule has 6 heteroatoms.